The molecule has 0 aliphatic rings. The molecule has 2 rings (SSSR count). The van der Waals surface area contributed by atoms with E-state index in [4.69, 9.17) is 0 Å². The molecule has 0 aliphatic carbocycles. The molecular formula is C36H58CuO4S. The number of benzene rings is 2. The summed E-state index contributed by atoms with van der Waals surface area (Å²) in [5.41, 5.74) is 1.00. The maximum atomic E-state index is 13.9. The summed E-state index contributed by atoms with van der Waals surface area (Å²) in [6, 6.07) is 9.59. The smallest absolute Gasteiger partial charge is 0.207 e. The molecule has 6 heteroatoms. The molecule has 0 aliphatic heterocycles. The summed E-state index contributed by atoms with van der Waals surface area (Å²) < 4.78 is 27.8. The SMILES string of the molecule is CCCCCCCCCCCCc1c(O)cccc1S(=O)(=O)c1cccc(O)c1CCCCCCCCCCCC.[Cu]. The van der Waals surface area contributed by atoms with Crippen molar-refractivity contribution >= 4 is 9.84 Å². The van der Waals surface area contributed by atoms with E-state index >= 15 is 0 Å². The van der Waals surface area contributed by atoms with Gasteiger partial charge in [0.25, 0.3) is 0 Å². The Kier molecular flexibility index (Phi) is 21.1. The minimum Gasteiger partial charge on any atom is -0.508 e. The van der Waals surface area contributed by atoms with E-state index in [1.54, 1.807) is 36.4 Å². The Balaban J connectivity index is 0.00000882. The van der Waals surface area contributed by atoms with Gasteiger partial charge < -0.3 is 10.2 Å². The number of unbranched alkanes of at least 4 members (excludes halogenated alkanes) is 18. The van der Waals surface area contributed by atoms with Crippen LogP contribution in [0.25, 0.3) is 0 Å². The van der Waals surface area contributed by atoms with Gasteiger partial charge in [0, 0.05) is 28.2 Å². The predicted molar refractivity (Wildman–Crippen MR) is 173 cm³/mol. The van der Waals surface area contributed by atoms with Crippen LogP contribution in [0.2, 0.25) is 0 Å². The van der Waals surface area contributed by atoms with E-state index in [0.29, 0.717) is 24.0 Å². The second-order valence-electron chi connectivity index (χ2n) is 11.9. The molecule has 2 aromatic carbocycles. The summed E-state index contributed by atoms with van der Waals surface area (Å²) in [7, 11) is -3.89. The van der Waals surface area contributed by atoms with Gasteiger partial charge in [-0.15, -0.1) is 0 Å². The molecule has 2 N–H and O–H groups in total. The third-order valence-electron chi connectivity index (χ3n) is 8.36. The third kappa shape index (κ3) is 13.9. The monoisotopic (exact) mass is 649 g/mol. The van der Waals surface area contributed by atoms with E-state index in [-0.39, 0.29) is 38.4 Å². The van der Waals surface area contributed by atoms with Crippen LogP contribution in [0.3, 0.4) is 0 Å². The molecule has 0 amide bonds. The molecule has 0 aromatic heterocycles. The quantitative estimate of drug-likeness (QED) is 0.0876. The van der Waals surface area contributed by atoms with Crippen molar-refractivity contribution in [3.05, 3.63) is 47.5 Å². The summed E-state index contributed by atoms with van der Waals surface area (Å²) in [5.74, 6) is 0.0804. The molecule has 0 saturated carbocycles. The van der Waals surface area contributed by atoms with E-state index in [1.807, 2.05) is 0 Å². The van der Waals surface area contributed by atoms with Crippen LogP contribution in [0.15, 0.2) is 46.2 Å². The van der Waals surface area contributed by atoms with E-state index in [2.05, 4.69) is 13.8 Å². The van der Waals surface area contributed by atoms with Gasteiger partial charge in [-0.05, 0) is 49.9 Å². The van der Waals surface area contributed by atoms with E-state index in [9.17, 15) is 18.6 Å². The number of phenolic OH excluding ortho intramolecular Hbond substituents is 2. The fourth-order valence-electron chi connectivity index (χ4n) is 5.81. The van der Waals surface area contributed by atoms with Crippen LogP contribution in [0.4, 0.5) is 0 Å². The van der Waals surface area contributed by atoms with Crippen LogP contribution in [0.1, 0.15) is 153 Å². The molecule has 0 heterocycles. The average Bonchev–Trinajstić information content (AvgIpc) is 2.96. The minimum atomic E-state index is -3.89. The molecule has 2 aromatic rings. The molecule has 0 spiro atoms. The molecular weight excluding hydrogens is 592 g/mol. The number of rotatable bonds is 24. The fourth-order valence-corrected chi connectivity index (χ4v) is 7.63. The molecule has 0 saturated heterocycles. The summed E-state index contributed by atoms with van der Waals surface area (Å²) in [6.45, 7) is 4.48. The van der Waals surface area contributed by atoms with Crippen molar-refractivity contribution in [1.29, 1.82) is 0 Å². The zero-order chi connectivity index (χ0) is 29.8. The number of hydrogen-bond acceptors (Lipinski definition) is 4. The van der Waals surface area contributed by atoms with Crippen molar-refractivity contribution in [1.82, 2.24) is 0 Å². The third-order valence-corrected chi connectivity index (χ3v) is 10.3. The van der Waals surface area contributed by atoms with Gasteiger partial charge in [-0.2, -0.15) is 0 Å². The number of hydrogen-bond donors (Lipinski definition) is 2. The van der Waals surface area contributed by atoms with Crippen molar-refractivity contribution < 1.29 is 35.7 Å². The van der Waals surface area contributed by atoms with Crippen molar-refractivity contribution in [2.75, 3.05) is 0 Å². The Morgan fingerprint density at radius 3 is 1.07 bits per heavy atom. The summed E-state index contributed by atoms with van der Waals surface area (Å²) >= 11 is 0. The van der Waals surface area contributed by atoms with Gasteiger partial charge in [0.05, 0.1) is 9.79 Å². The van der Waals surface area contributed by atoms with Gasteiger partial charge in [-0.1, -0.05) is 142 Å². The Hall–Kier alpha value is -1.49. The Morgan fingerprint density at radius 2 is 0.762 bits per heavy atom. The number of phenols is 2. The molecule has 0 unspecified atom stereocenters. The first-order chi connectivity index (χ1) is 19.9. The van der Waals surface area contributed by atoms with Crippen molar-refractivity contribution in [3.63, 3.8) is 0 Å². The van der Waals surface area contributed by atoms with E-state index in [1.165, 1.54) is 89.9 Å². The Bertz CT molecular complexity index is 1000. The maximum Gasteiger partial charge on any atom is 0.207 e. The molecule has 0 atom stereocenters. The first-order valence-corrected chi connectivity index (χ1v) is 18.3. The predicted octanol–water partition coefficient (Wildman–Crippen LogP) is 10.9. The molecule has 0 fully saturated rings. The van der Waals surface area contributed by atoms with E-state index in [0.717, 1.165) is 38.5 Å². The summed E-state index contributed by atoms with van der Waals surface area (Å²) in [5, 5.41) is 21.3. The van der Waals surface area contributed by atoms with Gasteiger partial charge in [0.15, 0.2) is 0 Å². The van der Waals surface area contributed by atoms with Gasteiger partial charge in [0.1, 0.15) is 11.5 Å². The zero-order valence-electron chi connectivity index (χ0n) is 26.4. The second-order valence-corrected chi connectivity index (χ2v) is 13.8. The zero-order valence-corrected chi connectivity index (χ0v) is 28.2. The van der Waals surface area contributed by atoms with Crippen molar-refractivity contribution in [2.45, 2.75) is 165 Å². The fraction of sp³-hybridized carbons (Fsp3) is 0.667. The second kappa shape index (κ2) is 23.0. The van der Waals surface area contributed by atoms with Gasteiger partial charge in [0.2, 0.25) is 9.84 Å². The van der Waals surface area contributed by atoms with Crippen LogP contribution in [-0.2, 0) is 39.7 Å². The van der Waals surface area contributed by atoms with Gasteiger partial charge in [-0.25, -0.2) is 8.42 Å². The van der Waals surface area contributed by atoms with Crippen LogP contribution >= 0.6 is 0 Å². The van der Waals surface area contributed by atoms with Gasteiger partial charge >= 0.3 is 0 Å². The molecule has 243 valence electrons. The van der Waals surface area contributed by atoms with Crippen molar-refractivity contribution in [3.8, 4) is 11.5 Å². The Morgan fingerprint density at radius 1 is 0.476 bits per heavy atom. The van der Waals surface area contributed by atoms with Crippen LogP contribution < -0.4 is 0 Å². The molecule has 0 bridgehead atoms. The number of sulfone groups is 1. The number of aromatic hydroxyl groups is 2. The largest absolute Gasteiger partial charge is 0.508 e. The Labute approximate surface area is 268 Å². The molecule has 1 radical (unpaired) electrons. The average molecular weight is 650 g/mol. The van der Waals surface area contributed by atoms with Crippen LogP contribution in [0.5, 0.6) is 11.5 Å². The van der Waals surface area contributed by atoms with Crippen molar-refractivity contribution in [2.24, 2.45) is 0 Å². The standard InChI is InChI=1S/C36H58O4S.Cu/c1-3-5-7-9-11-13-15-17-19-21-25-31-33(37)27-23-29-35(31)41(39,40)36-30-24-28-34(38)32(36)26-22-20-18-16-14-12-10-8-6-4-2;/h23-24,27-30,37-38H,3-22,25-26H2,1-2H3;. The van der Waals surface area contributed by atoms with E-state index < -0.39 is 9.84 Å². The first kappa shape index (κ1) is 38.5. The van der Waals surface area contributed by atoms with Crippen LogP contribution in [0, 0.1) is 0 Å². The molecule has 42 heavy (non-hydrogen) atoms. The van der Waals surface area contributed by atoms with Crippen LogP contribution in [-0.4, -0.2) is 18.6 Å². The minimum absolute atomic E-state index is 0. The topological polar surface area (TPSA) is 74.6 Å². The van der Waals surface area contributed by atoms with Gasteiger partial charge in [-0.3, -0.25) is 0 Å². The summed E-state index contributed by atoms with van der Waals surface area (Å²) in [4.78, 5) is 0.340. The first-order valence-electron chi connectivity index (χ1n) is 16.8. The summed E-state index contributed by atoms with van der Waals surface area (Å²) in [6.07, 6.45) is 25.2. The maximum absolute atomic E-state index is 13.9. The normalized spacial score (nSPS) is 11.5. The molecule has 4 nitrogen and oxygen atoms in total.